The van der Waals surface area contributed by atoms with Gasteiger partial charge in [-0.05, 0) is 83.5 Å². The summed E-state index contributed by atoms with van der Waals surface area (Å²) in [5.74, 6) is 0.202. The average Bonchev–Trinajstić information content (AvgIpc) is 3.42. The minimum atomic E-state index is -4.50. The fourth-order valence-corrected chi connectivity index (χ4v) is 7.93. The summed E-state index contributed by atoms with van der Waals surface area (Å²) in [6, 6.07) is 29.2. The van der Waals surface area contributed by atoms with Crippen LogP contribution in [0.4, 0.5) is 18.9 Å². The van der Waals surface area contributed by atoms with Gasteiger partial charge < -0.3 is 19.9 Å². The third-order valence-corrected chi connectivity index (χ3v) is 10.4. The Bertz CT molecular complexity index is 1840. The molecule has 2 heterocycles. The van der Waals surface area contributed by atoms with Gasteiger partial charge in [0.05, 0.1) is 7.11 Å². The molecule has 50 heavy (non-hydrogen) atoms. The number of ether oxygens (including phenoxy) is 1. The molecule has 0 saturated carbocycles. The number of benzene rings is 4. The summed E-state index contributed by atoms with van der Waals surface area (Å²) in [6.45, 7) is 3.71. The second-order valence-electron chi connectivity index (χ2n) is 13.4. The summed E-state index contributed by atoms with van der Waals surface area (Å²) in [7, 11) is 1.64. The van der Waals surface area contributed by atoms with Crippen molar-refractivity contribution in [3.63, 3.8) is 0 Å². The first-order valence-electron chi connectivity index (χ1n) is 17.2. The lowest BCUT2D eigenvalue weighted by molar-refractivity contribution is -0.141. The third kappa shape index (κ3) is 6.56. The number of carbonyl (C=O) groups excluding carboxylic acids is 2. The first kappa shape index (κ1) is 33.7. The number of nitrogens with one attached hydrogen (secondary N) is 1. The zero-order chi connectivity index (χ0) is 34.9. The van der Waals surface area contributed by atoms with Crippen molar-refractivity contribution in [2.75, 3.05) is 57.8 Å². The second-order valence-corrected chi connectivity index (χ2v) is 13.4. The van der Waals surface area contributed by atoms with E-state index in [2.05, 4.69) is 27.2 Å². The van der Waals surface area contributed by atoms with Crippen molar-refractivity contribution in [2.24, 2.45) is 0 Å². The molecule has 2 aliphatic heterocycles. The highest BCUT2D eigenvalue weighted by Gasteiger charge is 2.49. The Hall–Kier alpha value is -4.83. The summed E-state index contributed by atoms with van der Waals surface area (Å²) < 4.78 is 45.1. The van der Waals surface area contributed by atoms with Gasteiger partial charge in [-0.25, -0.2) is 0 Å². The third-order valence-electron chi connectivity index (χ3n) is 10.4. The van der Waals surface area contributed by atoms with Gasteiger partial charge in [-0.2, -0.15) is 13.2 Å². The fourth-order valence-electron chi connectivity index (χ4n) is 7.93. The zero-order valence-corrected chi connectivity index (χ0v) is 28.1. The molecule has 2 amide bonds. The first-order valence-corrected chi connectivity index (χ1v) is 17.2. The molecule has 7 nitrogen and oxygen atoms in total. The molecule has 1 fully saturated rings. The van der Waals surface area contributed by atoms with E-state index in [-0.39, 0.29) is 5.91 Å². The Labute approximate surface area is 290 Å². The molecule has 4 aromatic rings. The van der Waals surface area contributed by atoms with Crippen molar-refractivity contribution in [2.45, 2.75) is 37.4 Å². The van der Waals surface area contributed by atoms with Crippen molar-refractivity contribution < 1.29 is 27.5 Å². The summed E-state index contributed by atoms with van der Waals surface area (Å²) in [5, 5.41) is 2.23. The van der Waals surface area contributed by atoms with Crippen LogP contribution in [0.5, 0.6) is 5.75 Å². The number of alkyl halides is 3. The zero-order valence-electron chi connectivity index (χ0n) is 28.1. The van der Waals surface area contributed by atoms with Gasteiger partial charge in [0.1, 0.15) is 17.7 Å². The Balaban J connectivity index is 1.00. The maximum atomic E-state index is 13.8. The van der Waals surface area contributed by atoms with Crippen molar-refractivity contribution in [3.05, 3.63) is 119 Å². The Morgan fingerprint density at radius 2 is 1.54 bits per heavy atom. The molecule has 4 aromatic carbocycles. The van der Waals surface area contributed by atoms with Crippen LogP contribution in [0.2, 0.25) is 0 Å². The van der Waals surface area contributed by atoms with Crippen LogP contribution in [0.15, 0.2) is 91.0 Å². The van der Waals surface area contributed by atoms with Crippen LogP contribution in [-0.4, -0.2) is 80.7 Å². The molecule has 0 aromatic heterocycles. The largest absolute Gasteiger partial charge is 0.497 e. The van der Waals surface area contributed by atoms with Gasteiger partial charge >= 0.3 is 6.18 Å². The van der Waals surface area contributed by atoms with E-state index in [1.807, 2.05) is 83.8 Å². The average molecular weight is 683 g/mol. The van der Waals surface area contributed by atoms with E-state index in [4.69, 9.17) is 4.74 Å². The number of fused-ring (bicyclic) bond motifs is 4. The van der Waals surface area contributed by atoms with Crippen molar-refractivity contribution in [1.29, 1.82) is 0 Å². The van der Waals surface area contributed by atoms with Crippen LogP contribution in [0, 0.1) is 0 Å². The number of hydrogen-bond donors (Lipinski definition) is 1. The van der Waals surface area contributed by atoms with Gasteiger partial charge in [-0.1, -0.05) is 66.7 Å². The molecule has 1 aliphatic carbocycles. The summed E-state index contributed by atoms with van der Waals surface area (Å²) in [4.78, 5) is 34.0. The molecule has 3 aliphatic rings. The number of rotatable bonds is 10. The van der Waals surface area contributed by atoms with Gasteiger partial charge in [0.15, 0.2) is 0 Å². The fraction of sp³-hybridized carbons (Fsp3) is 0.350. The quantitative estimate of drug-likeness (QED) is 0.209. The molecule has 0 atom stereocenters. The lowest BCUT2D eigenvalue weighted by Crippen LogP contribution is -2.49. The van der Waals surface area contributed by atoms with Crippen molar-refractivity contribution >= 4 is 17.5 Å². The molecule has 0 bridgehead atoms. The lowest BCUT2D eigenvalue weighted by Gasteiger charge is -2.38. The Kier molecular flexibility index (Phi) is 9.30. The van der Waals surface area contributed by atoms with Crippen molar-refractivity contribution in [1.82, 2.24) is 15.1 Å². The summed E-state index contributed by atoms with van der Waals surface area (Å²) in [6.07, 6.45) is -2.66. The molecule has 0 radical (unpaired) electrons. The highest BCUT2D eigenvalue weighted by Crippen LogP contribution is 2.51. The number of carbonyl (C=O) groups is 2. The second kappa shape index (κ2) is 13.8. The standard InChI is InChI=1S/C40H41F3N4O3/c1-50-31-9-6-8-28(24-31)26-47-19-16-29-14-15-30(25-34(29)37(47)48)46-22-20-45(21-23-46)18-7-17-39(38(49)44-27-40(41,42)43)35-12-4-2-10-32(35)33-11-3-5-13-36(33)39/h2-6,8-15,24-25H,7,16-23,26-27H2,1H3,(H,44,49). The number of hydrogen-bond acceptors (Lipinski definition) is 5. The predicted octanol–water partition coefficient (Wildman–Crippen LogP) is 6.44. The van der Waals surface area contributed by atoms with Crippen molar-refractivity contribution in [3.8, 4) is 16.9 Å². The van der Waals surface area contributed by atoms with E-state index in [0.717, 1.165) is 83.0 Å². The van der Waals surface area contributed by atoms with Gasteiger partial charge in [0.2, 0.25) is 5.91 Å². The van der Waals surface area contributed by atoms with Crippen LogP contribution < -0.4 is 15.0 Å². The highest BCUT2D eigenvalue weighted by atomic mass is 19.4. The molecular formula is C40H41F3N4O3. The van der Waals surface area contributed by atoms with E-state index < -0.39 is 24.0 Å². The number of nitrogens with zero attached hydrogens (tertiary/aromatic N) is 3. The minimum absolute atomic E-state index is 0.0396. The molecule has 260 valence electrons. The monoisotopic (exact) mass is 682 g/mol. The maximum Gasteiger partial charge on any atom is 0.405 e. The Morgan fingerprint density at radius 1 is 0.840 bits per heavy atom. The van der Waals surface area contributed by atoms with Gasteiger partial charge in [0, 0.05) is 50.5 Å². The molecule has 7 rings (SSSR count). The first-order chi connectivity index (χ1) is 24.2. The Morgan fingerprint density at radius 3 is 2.22 bits per heavy atom. The predicted molar refractivity (Wildman–Crippen MR) is 187 cm³/mol. The molecule has 10 heteroatoms. The number of methoxy groups -OCH3 is 1. The molecule has 0 unspecified atom stereocenters. The molecule has 1 saturated heterocycles. The number of halogens is 3. The summed E-state index contributed by atoms with van der Waals surface area (Å²) in [5.41, 5.74) is 5.99. The molecule has 1 N–H and O–H groups in total. The normalized spacial score (nSPS) is 16.8. The van der Waals surface area contributed by atoms with E-state index in [9.17, 15) is 22.8 Å². The maximum absolute atomic E-state index is 13.8. The lowest BCUT2D eigenvalue weighted by atomic mass is 9.73. The van der Waals surface area contributed by atoms with E-state index in [1.165, 1.54) is 0 Å². The summed E-state index contributed by atoms with van der Waals surface area (Å²) >= 11 is 0. The van der Waals surface area contributed by atoms with Gasteiger partial charge in [-0.15, -0.1) is 0 Å². The smallest absolute Gasteiger partial charge is 0.405 e. The van der Waals surface area contributed by atoms with Crippen LogP contribution in [-0.2, 0) is 23.2 Å². The molecular weight excluding hydrogens is 641 g/mol. The van der Waals surface area contributed by atoms with E-state index in [1.54, 1.807) is 7.11 Å². The van der Waals surface area contributed by atoms with Crippen LogP contribution >= 0.6 is 0 Å². The number of piperazine rings is 1. The number of anilines is 1. The minimum Gasteiger partial charge on any atom is -0.497 e. The highest BCUT2D eigenvalue weighted by molar-refractivity contribution is 6.00. The van der Waals surface area contributed by atoms with E-state index >= 15 is 0 Å². The van der Waals surface area contributed by atoms with Gasteiger partial charge in [-0.3, -0.25) is 14.5 Å². The van der Waals surface area contributed by atoms with E-state index in [0.29, 0.717) is 32.5 Å². The van der Waals surface area contributed by atoms with Crippen LogP contribution in [0.1, 0.15) is 45.5 Å². The topological polar surface area (TPSA) is 65.1 Å². The molecule has 0 spiro atoms. The van der Waals surface area contributed by atoms with Crippen LogP contribution in [0.3, 0.4) is 0 Å². The van der Waals surface area contributed by atoms with Crippen LogP contribution in [0.25, 0.3) is 11.1 Å². The SMILES string of the molecule is COc1cccc(CN2CCc3ccc(N4CCN(CCCC5(C(=O)NCC(F)(F)F)c6ccccc6-c6ccccc65)CC4)cc3C2=O)c1. The van der Waals surface area contributed by atoms with Gasteiger partial charge in [0.25, 0.3) is 5.91 Å². The number of amides is 2.